The topological polar surface area (TPSA) is 39.0 Å². The number of aromatic nitrogens is 1. The van der Waals surface area contributed by atoms with Gasteiger partial charge in [0.25, 0.3) is 0 Å². The molecule has 84 valence electrons. The highest BCUT2D eigenvalue weighted by molar-refractivity contribution is 7.81. The summed E-state index contributed by atoms with van der Waals surface area (Å²) in [6, 6.07) is 5.58. The van der Waals surface area contributed by atoms with E-state index in [1.165, 1.54) is 6.92 Å². The van der Waals surface area contributed by atoms with Crippen molar-refractivity contribution in [3.63, 3.8) is 0 Å². The van der Waals surface area contributed by atoms with Crippen LogP contribution in [-0.2, 0) is 0 Å². The summed E-state index contributed by atoms with van der Waals surface area (Å²) in [5.74, 6) is -0.0715. The summed E-state index contributed by atoms with van der Waals surface area (Å²) in [5, 5.41) is 14.5. The predicted molar refractivity (Wildman–Crippen MR) is 66.3 cm³/mol. The molecule has 1 heterocycles. The second kappa shape index (κ2) is 6.02. The normalized spacial score (nSPS) is 11.6. The molecule has 1 aromatic heterocycles. The Morgan fingerprint density at radius 3 is 2.56 bits per heavy atom. The molecule has 3 nitrogen and oxygen atoms in total. The third-order valence-corrected chi connectivity index (χ3v) is 2.27. The van der Waals surface area contributed by atoms with Crippen LogP contribution in [0.4, 0.5) is 0 Å². The van der Waals surface area contributed by atoms with E-state index in [0.29, 0.717) is 17.2 Å². The van der Waals surface area contributed by atoms with Crippen LogP contribution in [0.3, 0.4) is 0 Å². The van der Waals surface area contributed by atoms with E-state index in [9.17, 15) is 5.11 Å². The Kier molecular flexibility index (Phi) is 4.66. The van der Waals surface area contributed by atoms with Gasteiger partial charge in [-0.3, -0.25) is 0 Å². The van der Waals surface area contributed by atoms with Gasteiger partial charge in [-0.25, -0.2) is 0 Å². The first-order chi connectivity index (χ1) is 7.66. The molecule has 0 saturated heterocycles. The maximum absolute atomic E-state index is 11.5. The molecule has 0 atom stereocenters. The minimum absolute atomic E-state index is 0.0715. The molecule has 0 aromatic carbocycles. The van der Waals surface area contributed by atoms with Crippen molar-refractivity contribution >= 4 is 22.9 Å². The van der Waals surface area contributed by atoms with E-state index >= 15 is 0 Å². The lowest BCUT2D eigenvalue weighted by Crippen LogP contribution is -2.42. The molecule has 0 saturated carbocycles. The van der Waals surface area contributed by atoms with Crippen LogP contribution < -0.4 is 15.0 Å². The zero-order valence-electron chi connectivity index (χ0n) is 9.14. The van der Waals surface area contributed by atoms with Gasteiger partial charge in [0.1, 0.15) is 0 Å². The highest BCUT2D eigenvalue weighted by atomic mass is 32.1. The zero-order chi connectivity index (χ0) is 12.0. The average molecular weight is 234 g/mol. The summed E-state index contributed by atoms with van der Waals surface area (Å²) in [7, 11) is 0. The molecule has 0 spiro atoms. The number of hydrogen-bond donors (Lipinski definition) is 1. The van der Waals surface area contributed by atoms with Gasteiger partial charge in [0.15, 0.2) is 17.4 Å². The van der Waals surface area contributed by atoms with Crippen LogP contribution in [0, 0.1) is 0 Å². The minimum atomic E-state index is -0.0715. The maximum Gasteiger partial charge on any atom is 0.233 e. The Bertz CT molecular complexity index is 408. The van der Waals surface area contributed by atoms with Gasteiger partial charge in [-0.15, -0.1) is 6.58 Å². The van der Waals surface area contributed by atoms with Crippen molar-refractivity contribution in [1.82, 2.24) is 5.32 Å². The van der Waals surface area contributed by atoms with Crippen molar-refractivity contribution in [1.29, 1.82) is 0 Å². The second-order valence-corrected chi connectivity index (χ2v) is 3.59. The number of nitrogens with zero attached hydrogens (tertiary/aromatic N) is 1. The number of hydrogen-bond acceptors (Lipinski definition) is 2. The molecular weight excluding hydrogens is 220 g/mol. The molecule has 1 N–H and O–H groups in total. The van der Waals surface area contributed by atoms with Crippen LogP contribution >= 0.6 is 12.2 Å². The molecular formula is C12H14N2OS. The Morgan fingerprint density at radius 1 is 1.44 bits per heavy atom. The Hall–Kier alpha value is -1.68. The largest absolute Gasteiger partial charge is 0.871 e. The first-order valence-corrected chi connectivity index (χ1v) is 5.31. The minimum Gasteiger partial charge on any atom is -0.871 e. The fourth-order valence-electron chi connectivity index (χ4n) is 1.26. The van der Waals surface area contributed by atoms with Gasteiger partial charge in [0.05, 0.1) is 0 Å². The SMILES string of the molecule is C=CCNC(=S)/C(=C(\C)[O-])[n+]1ccccc1. The van der Waals surface area contributed by atoms with Crippen molar-refractivity contribution in [2.75, 3.05) is 6.54 Å². The lowest BCUT2D eigenvalue weighted by Gasteiger charge is -2.11. The van der Waals surface area contributed by atoms with Gasteiger partial charge in [-0.1, -0.05) is 30.1 Å². The van der Waals surface area contributed by atoms with Crippen LogP contribution in [0.1, 0.15) is 6.92 Å². The molecule has 4 heteroatoms. The Morgan fingerprint density at radius 2 is 2.06 bits per heavy atom. The van der Waals surface area contributed by atoms with Gasteiger partial charge < -0.3 is 10.4 Å². The molecule has 0 aliphatic heterocycles. The maximum atomic E-state index is 11.5. The van der Waals surface area contributed by atoms with Crippen LogP contribution in [0.5, 0.6) is 0 Å². The third-order valence-electron chi connectivity index (χ3n) is 1.93. The molecule has 1 rings (SSSR count). The van der Waals surface area contributed by atoms with Crippen LogP contribution in [-0.4, -0.2) is 11.5 Å². The first kappa shape index (κ1) is 12.4. The number of pyridine rings is 1. The highest BCUT2D eigenvalue weighted by Crippen LogP contribution is 1.99. The summed E-state index contributed by atoms with van der Waals surface area (Å²) in [6.45, 7) is 5.63. The number of nitrogens with one attached hydrogen (secondary N) is 1. The third kappa shape index (κ3) is 3.17. The van der Waals surface area contributed by atoms with Crippen molar-refractivity contribution in [3.8, 4) is 0 Å². The summed E-state index contributed by atoms with van der Waals surface area (Å²) < 4.78 is 1.71. The summed E-state index contributed by atoms with van der Waals surface area (Å²) >= 11 is 5.16. The second-order valence-electron chi connectivity index (χ2n) is 3.19. The van der Waals surface area contributed by atoms with E-state index in [1.807, 2.05) is 18.2 Å². The van der Waals surface area contributed by atoms with Gasteiger partial charge in [-0.2, -0.15) is 4.57 Å². The standard InChI is InChI=1S/C12H14N2OS/c1-3-7-13-12(16)11(10(2)15)14-8-5-4-6-9-14/h3-6,8-9H,1,7H2,2H3,(H-,13,15,16). The monoisotopic (exact) mass is 234 g/mol. The number of rotatable bonds is 4. The molecule has 0 radical (unpaired) electrons. The molecule has 0 bridgehead atoms. The fraction of sp³-hybridized carbons (Fsp3) is 0.167. The first-order valence-electron chi connectivity index (χ1n) is 4.90. The van der Waals surface area contributed by atoms with E-state index in [1.54, 1.807) is 23.0 Å². The predicted octanol–water partition coefficient (Wildman–Crippen LogP) is 0.626. The Labute approximate surface area is 101 Å². The van der Waals surface area contributed by atoms with Crippen molar-refractivity contribution < 1.29 is 9.67 Å². The van der Waals surface area contributed by atoms with E-state index in [0.717, 1.165) is 0 Å². The van der Waals surface area contributed by atoms with Gasteiger partial charge in [0.2, 0.25) is 5.70 Å². The molecule has 0 fully saturated rings. The van der Waals surface area contributed by atoms with Gasteiger partial charge in [-0.05, 0) is 6.92 Å². The smallest absolute Gasteiger partial charge is 0.233 e. The highest BCUT2D eigenvalue weighted by Gasteiger charge is 2.14. The lowest BCUT2D eigenvalue weighted by molar-refractivity contribution is -0.581. The average Bonchev–Trinajstić information content (AvgIpc) is 2.27. The van der Waals surface area contributed by atoms with E-state index in [4.69, 9.17) is 12.2 Å². The quantitative estimate of drug-likeness (QED) is 0.273. The van der Waals surface area contributed by atoms with Crippen LogP contribution in [0.25, 0.3) is 5.70 Å². The van der Waals surface area contributed by atoms with E-state index in [2.05, 4.69) is 11.9 Å². The summed E-state index contributed by atoms with van der Waals surface area (Å²) in [6.07, 6.45) is 5.27. The fourth-order valence-corrected chi connectivity index (χ4v) is 1.59. The van der Waals surface area contributed by atoms with Crippen molar-refractivity contribution in [2.45, 2.75) is 6.92 Å². The molecule has 16 heavy (non-hydrogen) atoms. The number of allylic oxidation sites excluding steroid dienone is 1. The van der Waals surface area contributed by atoms with E-state index in [-0.39, 0.29) is 5.76 Å². The molecule has 0 unspecified atom stereocenters. The number of thiocarbonyl (C=S) groups is 1. The summed E-state index contributed by atoms with van der Waals surface area (Å²) in [4.78, 5) is 0.434. The molecule has 0 amide bonds. The van der Waals surface area contributed by atoms with Gasteiger partial charge >= 0.3 is 0 Å². The van der Waals surface area contributed by atoms with Gasteiger partial charge in [0, 0.05) is 18.7 Å². The Balaban J connectivity index is 2.99. The van der Waals surface area contributed by atoms with E-state index < -0.39 is 0 Å². The zero-order valence-corrected chi connectivity index (χ0v) is 9.96. The summed E-state index contributed by atoms with van der Waals surface area (Å²) in [5.41, 5.74) is 0.470. The molecule has 0 aliphatic carbocycles. The van der Waals surface area contributed by atoms with Crippen LogP contribution in [0.15, 0.2) is 49.0 Å². The van der Waals surface area contributed by atoms with Crippen molar-refractivity contribution in [3.05, 3.63) is 49.0 Å². The lowest BCUT2D eigenvalue weighted by atomic mass is 10.3. The van der Waals surface area contributed by atoms with Crippen LogP contribution in [0.2, 0.25) is 0 Å². The van der Waals surface area contributed by atoms with Crippen molar-refractivity contribution in [2.24, 2.45) is 0 Å². The molecule has 1 aromatic rings. The molecule has 0 aliphatic rings.